The molecule has 8 heteroatoms. The number of carboxylic acid groups (broad SMARTS) is 1. The maximum absolute atomic E-state index is 13.6. The molecule has 2 atom stereocenters. The Bertz CT molecular complexity index is 1150. The van der Waals surface area contributed by atoms with Crippen molar-refractivity contribution in [1.29, 1.82) is 0 Å². The third-order valence-electron chi connectivity index (χ3n) is 5.09. The second-order valence-corrected chi connectivity index (χ2v) is 8.44. The molecule has 0 aliphatic heterocycles. The van der Waals surface area contributed by atoms with Crippen LogP contribution >= 0.6 is 11.6 Å². The number of hydrogen-bond acceptors (Lipinski definition) is 5. The number of carboxylic acids is 1. The largest absolute Gasteiger partial charge is 1.00 e. The van der Waals surface area contributed by atoms with E-state index < -0.39 is 24.6 Å². The van der Waals surface area contributed by atoms with Crippen LogP contribution < -0.4 is 34.7 Å². The van der Waals surface area contributed by atoms with E-state index in [0.717, 1.165) is 33.3 Å². The van der Waals surface area contributed by atoms with Gasteiger partial charge in [-0.2, -0.15) is 0 Å². The number of aliphatic hydroxyl groups is 2. The van der Waals surface area contributed by atoms with Gasteiger partial charge < -0.3 is 20.1 Å². The van der Waals surface area contributed by atoms with Crippen LogP contribution in [0.1, 0.15) is 43.9 Å². The number of benzene rings is 2. The predicted octanol–water partition coefficient (Wildman–Crippen LogP) is 1.09. The predicted molar refractivity (Wildman–Crippen MR) is 122 cm³/mol. The van der Waals surface area contributed by atoms with Crippen LogP contribution in [0.25, 0.3) is 28.1 Å². The minimum absolute atomic E-state index is 0. The van der Waals surface area contributed by atoms with Crippen molar-refractivity contribution in [3.05, 3.63) is 70.6 Å². The summed E-state index contributed by atoms with van der Waals surface area (Å²) < 4.78 is 13.6. The van der Waals surface area contributed by atoms with E-state index in [9.17, 15) is 24.5 Å². The second kappa shape index (κ2) is 12.1. The fraction of sp³-hybridized carbons (Fsp3) is 0.280. The Labute approximate surface area is 219 Å². The standard InChI is InChI=1S/C25H25ClFNO4.Na/c1-14(2)25-20(9-8-18(29)12-19(30)13-23(31)32)24(15-3-6-17(27)7-4-15)21-11-16(26)5-10-22(21)28-25;/h3-11,14,18-19,29-30H,12-13H2,1-2H3,(H,31,32);/q;+1/p-1/b9-8+;/t18-,19-;/m1./s1. The van der Waals surface area contributed by atoms with Gasteiger partial charge in [0.1, 0.15) is 5.82 Å². The van der Waals surface area contributed by atoms with Gasteiger partial charge in [-0.05, 0) is 41.8 Å². The average molecular weight is 480 g/mol. The van der Waals surface area contributed by atoms with Crippen LogP contribution in [0.3, 0.4) is 0 Å². The zero-order valence-electron chi connectivity index (χ0n) is 18.8. The molecule has 3 aromatic rings. The monoisotopic (exact) mass is 479 g/mol. The Morgan fingerprint density at radius 1 is 1.18 bits per heavy atom. The first-order valence-electron chi connectivity index (χ1n) is 10.3. The number of rotatable bonds is 8. The first-order valence-corrected chi connectivity index (χ1v) is 10.7. The van der Waals surface area contributed by atoms with Crippen molar-refractivity contribution < 1.29 is 54.1 Å². The summed E-state index contributed by atoms with van der Waals surface area (Å²) in [6.45, 7) is 3.99. The maximum atomic E-state index is 13.6. The Hall–Kier alpha value is -1.80. The molecule has 1 heterocycles. The van der Waals surface area contributed by atoms with Gasteiger partial charge >= 0.3 is 29.6 Å². The summed E-state index contributed by atoms with van der Waals surface area (Å²) in [4.78, 5) is 15.4. The summed E-state index contributed by atoms with van der Waals surface area (Å²) in [6, 6.07) is 11.5. The Morgan fingerprint density at radius 3 is 2.45 bits per heavy atom. The number of nitrogens with zero attached hydrogens (tertiary/aromatic N) is 1. The fourth-order valence-corrected chi connectivity index (χ4v) is 3.82. The van der Waals surface area contributed by atoms with Crippen molar-refractivity contribution in [2.24, 2.45) is 0 Å². The van der Waals surface area contributed by atoms with Crippen LogP contribution in [0.15, 0.2) is 48.5 Å². The Kier molecular flexibility index (Phi) is 10.0. The summed E-state index contributed by atoms with van der Waals surface area (Å²) in [5.41, 5.74) is 3.79. The van der Waals surface area contributed by atoms with E-state index >= 15 is 0 Å². The average Bonchev–Trinajstić information content (AvgIpc) is 2.71. The summed E-state index contributed by atoms with van der Waals surface area (Å²) in [5.74, 6) is -1.71. The molecule has 2 N–H and O–H groups in total. The van der Waals surface area contributed by atoms with Crippen LogP contribution in [0.2, 0.25) is 5.02 Å². The molecule has 0 unspecified atom stereocenters. The van der Waals surface area contributed by atoms with Gasteiger partial charge in [0.25, 0.3) is 0 Å². The zero-order valence-corrected chi connectivity index (χ0v) is 21.5. The van der Waals surface area contributed by atoms with E-state index in [2.05, 4.69) is 0 Å². The number of aliphatic carboxylic acids is 1. The first kappa shape index (κ1) is 27.4. The molecule has 0 aliphatic carbocycles. The topological polar surface area (TPSA) is 93.5 Å². The maximum Gasteiger partial charge on any atom is 1.00 e. The van der Waals surface area contributed by atoms with Crippen LogP contribution in [-0.2, 0) is 4.79 Å². The molecule has 0 aliphatic rings. The van der Waals surface area contributed by atoms with Crippen molar-refractivity contribution in [1.82, 2.24) is 4.98 Å². The van der Waals surface area contributed by atoms with Gasteiger partial charge in [-0.1, -0.05) is 49.7 Å². The molecular weight excluding hydrogens is 456 g/mol. The molecular formula is C25H24ClFNNaO4. The van der Waals surface area contributed by atoms with Crippen molar-refractivity contribution in [3.8, 4) is 11.1 Å². The minimum Gasteiger partial charge on any atom is -0.550 e. The molecule has 0 saturated carbocycles. The molecule has 0 amide bonds. The number of carbonyl (C=O) groups is 1. The molecule has 3 rings (SSSR count). The molecule has 0 bridgehead atoms. The first-order chi connectivity index (χ1) is 15.2. The van der Waals surface area contributed by atoms with Gasteiger partial charge in [0.15, 0.2) is 0 Å². The number of carbonyl (C=O) groups excluding carboxylic acids is 1. The Balaban J connectivity index is 0.00000385. The minimum atomic E-state index is -1.38. The molecule has 0 radical (unpaired) electrons. The molecule has 2 aromatic carbocycles. The van der Waals surface area contributed by atoms with Crippen molar-refractivity contribution in [2.45, 2.75) is 44.8 Å². The normalized spacial score (nSPS) is 13.3. The molecule has 5 nitrogen and oxygen atoms in total. The third kappa shape index (κ3) is 7.09. The molecule has 0 spiro atoms. The molecule has 168 valence electrons. The van der Waals surface area contributed by atoms with E-state index in [-0.39, 0.29) is 47.7 Å². The zero-order chi connectivity index (χ0) is 23.4. The third-order valence-corrected chi connectivity index (χ3v) is 5.33. The number of halogens is 2. The van der Waals surface area contributed by atoms with Crippen LogP contribution in [-0.4, -0.2) is 33.4 Å². The van der Waals surface area contributed by atoms with Crippen LogP contribution in [0.5, 0.6) is 0 Å². The van der Waals surface area contributed by atoms with E-state index in [1.807, 2.05) is 19.9 Å². The number of hydrogen-bond donors (Lipinski definition) is 2. The Morgan fingerprint density at radius 2 is 1.85 bits per heavy atom. The van der Waals surface area contributed by atoms with Crippen molar-refractivity contribution >= 4 is 34.5 Å². The van der Waals surface area contributed by atoms with Gasteiger partial charge in [-0.25, -0.2) is 4.39 Å². The summed E-state index contributed by atoms with van der Waals surface area (Å²) in [7, 11) is 0. The van der Waals surface area contributed by atoms with Gasteiger partial charge in [-0.15, -0.1) is 0 Å². The van der Waals surface area contributed by atoms with Crippen molar-refractivity contribution in [2.75, 3.05) is 0 Å². The van der Waals surface area contributed by atoms with Gasteiger partial charge in [0.2, 0.25) is 0 Å². The van der Waals surface area contributed by atoms with Crippen LogP contribution in [0, 0.1) is 5.82 Å². The quantitative estimate of drug-likeness (QED) is 0.472. The summed E-state index contributed by atoms with van der Waals surface area (Å²) in [5, 5.41) is 32.1. The summed E-state index contributed by atoms with van der Waals surface area (Å²) >= 11 is 6.26. The number of fused-ring (bicyclic) bond motifs is 1. The number of pyridine rings is 1. The number of aromatic nitrogens is 1. The molecule has 0 fully saturated rings. The smallest absolute Gasteiger partial charge is 0.550 e. The van der Waals surface area contributed by atoms with E-state index in [4.69, 9.17) is 16.6 Å². The SMILES string of the molecule is CC(C)c1nc2ccc(Cl)cc2c(-c2ccc(F)cc2)c1/C=C/[C@@H](O)C[C@@H](O)CC(=O)[O-].[Na+]. The van der Waals surface area contributed by atoms with Gasteiger partial charge in [-0.3, -0.25) is 4.98 Å². The van der Waals surface area contributed by atoms with Gasteiger partial charge in [0, 0.05) is 40.3 Å². The summed E-state index contributed by atoms with van der Waals surface area (Å²) in [6.07, 6.45) is 0.178. The van der Waals surface area contributed by atoms with E-state index in [1.165, 1.54) is 18.2 Å². The second-order valence-electron chi connectivity index (χ2n) is 8.00. The number of aliphatic hydroxyl groups excluding tert-OH is 2. The van der Waals surface area contributed by atoms with E-state index in [1.54, 1.807) is 30.3 Å². The fourth-order valence-electron chi connectivity index (χ4n) is 3.65. The van der Waals surface area contributed by atoms with Gasteiger partial charge in [0.05, 0.1) is 23.4 Å². The molecule has 0 saturated heterocycles. The van der Waals surface area contributed by atoms with Crippen molar-refractivity contribution in [3.63, 3.8) is 0 Å². The van der Waals surface area contributed by atoms with Crippen LogP contribution in [0.4, 0.5) is 4.39 Å². The molecule has 1 aromatic heterocycles. The molecule has 33 heavy (non-hydrogen) atoms. The van der Waals surface area contributed by atoms with E-state index in [0.29, 0.717) is 5.02 Å².